The van der Waals surface area contributed by atoms with Gasteiger partial charge in [-0.15, -0.1) is 0 Å². The van der Waals surface area contributed by atoms with E-state index in [2.05, 4.69) is 47.8 Å². The second-order valence-corrected chi connectivity index (χ2v) is 14.4. The predicted octanol–water partition coefficient (Wildman–Crippen LogP) is 1.99. The standard InChI is InChI=1S/C35H44Br2N6O11/c1-7-25(36)33(50)42(19-45)14-24(15-43-30(48)12-26(37)34(43)51)53-18-29(47)40-31(21(4)5)32(49)38-13-28(46)39-23-10-8-22(9-11-23)17-54-35(52)41(6)27(16-44)20(2)3/h7-12,16,19-21,24,27,31H,13-15,17-18H2,1-6H3,(H,38,49)(H,39,46)(H,40,47)/b25-7+. The Labute approximate surface area is 329 Å². The van der Waals surface area contributed by atoms with Crippen molar-refractivity contribution < 1.29 is 52.6 Å². The van der Waals surface area contributed by atoms with Crippen molar-refractivity contribution in [2.75, 3.05) is 38.6 Å². The van der Waals surface area contributed by atoms with Gasteiger partial charge in [0.05, 0.1) is 40.7 Å². The third-order valence-electron chi connectivity index (χ3n) is 7.89. The molecular weight excluding hydrogens is 840 g/mol. The molecule has 0 saturated carbocycles. The number of imide groups is 2. The maximum absolute atomic E-state index is 13.0. The molecule has 3 unspecified atom stereocenters. The minimum Gasteiger partial charge on any atom is -0.445 e. The van der Waals surface area contributed by atoms with Crippen LogP contribution in [0.25, 0.3) is 0 Å². The lowest BCUT2D eigenvalue weighted by atomic mass is 10.0. The van der Waals surface area contributed by atoms with Crippen LogP contribution in [0.2, 0.25) is 0 Å². The maximum atomic E-state index is 13.0. The second kappa shape index (κ2) is 21.8. The molecule has 0 saturated heterocycles. The Kier molecular flexibility index (Phi) is 18.4. The van der Waals surface area contributed by atoms with E-state index in [1.807, 2.05) is 13.8 Å². The Morgan fingerprint density at radius 3 is 2.15 bits per heavy atom. The fraction of sp³-hybridized carbons (Fsp3) is 0.457. The molecule has 17 nitrogen and oxygen atoms in total. The van der Waals surface area contributed by atoms with Crippen LogP contribution in [-0.4, -0.2) is 120 Å². The predicted molar refractivity (Wildman–Crippen MR) is 201 cm³/mol. The van der Waals surface area contributed by atoms with Crippen molar-refractivity contribution in [2.45, 2.75) is 59.4 Å². The summed E-state index contributed by atoms with van der Waals surface area (Å²) in [6.45, 7) is 6.51. The Bertz CT molecular complexity index is 1650. The minimum absolute atomic E-state index is 0.00184. The first-order valence-electron chi connectivity index (χ1n) is 16.7. The molecule has 0 aromatic heterocycles. The van der Waals surface area contributed by atoms with Gasteiger partial charge < -0.3 is 35.1 Å². The van der Waals surface area contributed by atoms with E-state index in [1.165, 1.54) is 18.0 Å². The molecular formula is C35H44Br2N6O11. The van der Waals surface area contributed by atoms with E-state index in [9.17, 15) is 43.2 Å². The van der Waals surface area contributed by atoms with Gasteiger partial charge in [0, 0.05) is 18.8 Å². The summed E-state index contributed by atoms with van der Waals surface area (Å²) in [7, 11) is 1.48. The van der Waals surface area contributed by atoms with Gasteiger partial charge in [-0.2, -0.15) is 0 Å². The number of halogens is 2. The number of hydrogen-bond acceptors (Lipinski definition) is 11. The molecule has 3 N–H and O–H groups in total. The largest absolute Gasteiger partial charge is 0.445 e. The number of likely N-dealkylation sites (N-methyl/N-ethyl adjacent to an activating group) is 1. The molecule has 2 rings (SSSR count). The van der Waals surface area contributed by atoms with Crippen LogP contribution < -0.4 is 16.0 Å². The molecule has 8 amide bonds. The lowest BCUT2D eigenvalue weighted by molar-refractivity contribution is -0.142. The number of nitrogens with one attached hydrogen (secondary N) is 3. The van der Waals surface area contributed by atoms with Crippen LogP contribution in [0.1, 0.15) is 40.2 Å². The summed E-state index contributed by atoms with van der Waals surface area (Å²) < 4.78 is 11.0. The number of rotatable bonds is 20. The highest BCUT2D eigenvalue weighted by molar-refractivity contribution is 9.12. The van der Waals surface area contributed by atoms with E-state index in [1.54, 1.807) is 45.0 Å². The summed E-state index contributed by atoms with van der Waals surface area (Å²) in [4.78, 5) is 114. The number of allylic oxidation sites excluding steroid dienone is 1. The fourth-order valence-electron chi connectivity index (χ4n) is 4.85. The van der Waals surface area contributed by atoms with Crippen molar-refractivity contribution in [1.82, 2.24) is 25.3 Å². The van der Waals surface area contributed by atoms with Gasteiger partial charge in [-0.25, -0.2) is 4.79 Å². The summed E-state index contributed by atoms with van der Waals surface area (Å²) in [5.74, 6) is -4.59. The molecule has 0 fully saturated rings. The summed E-state index contributed by atoms with van der Waals surface area (Å²) in [5, 5.41) is 7.64. The first-order valence-corrected chi connectivity index (χ1v) is 18.3. The molecule has 0 radical (unpaired) electrons. The van der Waals surface area contributed by atoms with Crippen LogP contribution in [-0.2, 0) is 54.4 Å². The molecule has 0 spiro atoms. The van der Waals surface area contributed by atoms with Gasteiger partial charge in [0.25, 0.3) is 17.7 Å². The Morgan fingerprint density at radius 2 is 1.63 bits per heavy atom. The highest BCUT2D eigenvalue weighted by Crippen LogP contribution is 2.20. The van der Waals surface area contributed by atoms with Crippen LogP contribution >= 0.6 is 31.9 Å². The number of ether oxygens (including phenoxy) is 2. The SMILES string of the molecule is C/C=C(/Br)C(=O)N(C=O)CC(CN1C(=O)C=C(Br)C1=O)OCC(=O)NC(C(=O)NCC(=O)Nc1ccc(COC(=O)N(C)C(C=O)C(C)C)cc1)C(C)C. The van der Waals surface area contributed by atoms with Gasteiger partial charge in [0.2, 0.25) is 24.1 Å². The molecule has 1 aromatic rings. The van der Waals surface area contributed by atoms with E-state index < -0.39 is 91.9 Å². The van der Waals surface area contributed by atoms with E-state index in [0.717, 1.165) is 15.9 Å². The number of amides is 8. The van der Waals surface area contributed by atoms with Gasteiger partial charge in [-0.3, -0.25) is 43.4 Å². The van der Waals surface area contributed by atoms with E-state index >= 15 is 0 Å². The lowest BCUT2D eigenvalue weighted by Gasteiger charge is -2.27. The maximum Gasteiger partial charge on any atom is 0.410 e. The van der Waals surface area contributed by atoms with Crippen molar-refractivity contribution in [3.05, 3.63) is 50.9 Å². The van der Waals surface area contributed by atoms with Crippen molar-refractivity contribution in [3.8, 4) is 0 Å². The second-order valence-electron chi connectivity index (χ2n) is 12.7. The van der Waals surface area contributed by atoms with Gasteiger partial charge in [-0.05, 0) is 68.3 Å². The number of anilines is 1. The fourth-order valence-corrected chi connectivity index (χ4v) is 5.48. The molecule has 1 aromatic carbocycles. The summed E-state index contributed by atoms with van der Waals surface area (Å²) in [5.41, 5.74) is 1.02. The molecule has 0 aliphatic carbocycles. The summed E-state index contributed by atoms with van der Waals surface area (Å²) >= 11 is 6.05. The van der Waals surface area contributed by atoms with Crippen LogP contribution in [0.4, 0.5) is 10.5 Å². The number of carbonyl (C=O) groups excluding carboxylic acids is 9. The van der Waals surface area contributed by atoms with Gasteiger partial charge >= 0.3 is 6.09 Å². The average molecular weight is 885 g/mol. The zero-order chi connectivity index (χ0) is 40.7. The molecule has 1 aliphatic heterocycles. The first kappa shape index (κ1) is 45.4. The molecule has 54 heavy (non-hydrogen) atoms. The van der Waals surface area contributed by atoms with Crippen molar-refractivity contribution in [2.24, 2.45) is 11.8 Å². The van der Waals surface area contributed by atoms with E-state index in [0.29, 0.717) is 17.5 Å². The van der Waals surface area contributed by atoms with Crippen LogP contribution in [0, 0.1) is 11.8 Å². The monoisotopic (exact) mass is 882 g/mol. The molecule has 1 heterocycles. The number of aldehydes is 1. The lowest BCUT2D eigenvalue weighted by Crippen LogP contribution is -2.52. The van der Waals surface area contributed by atoms with Crippen LogP contribution in [0.15, 0.2) is 45.4 Å². The van der Waals surface area contributed by atoms with E-state index in [4.69, 9.17) is 9.47 Å². The summed E-state index contributed by atoms with van der Waals surface area (Å²) in [6, 6.07) is 4.69. The zero-order valence-corrected chi connectivity index (χ0v) is 33.8. The van der Waals surface area contributed by atoms with Gasteiger partial charge in [0.15, 0.2) is 0 Å². The van der Waals surface area contributed by atoms with Crippen molar-refractivity contribution in [3.63, 3.8) is 0 Å². The quantitative estimate of drug-likeness (QED) is 0.0978. The molecule has 294 valence electrons. The van der Waals surface area contributed by atoms with Crippen LogP contribution in [0.5, 0.6) is 0 Å². The Balaban J connectivity index is 1.95. The Hall–Kier alpha value is -4.75. The molecule has 0 bridgehead atoms. The third-order valence-corrected chi connectivity index (χ3v) is 9.26. The zero-order valence-electron chi connectivity index (χ0n) is 30.6. The summed E-state index contributed by atoms with van der Waals surface area (Å²) in [6.07, 6.45) is 1.55. The molecule has 3 atom stereocenters. The number of nitrogens with zero attached hydrogens (tertiary/aromatic N) is 3. The van der Waals surface area contributed by atoms with Crippen LogP contribution in [0.3, 0.4) is 0 Å². The highest BCUT2D eigenvalue weighted by Gasteiger charge is 2.34. The third kappa shape index (κ3) is 13.6. The minimum atomic E-state index is -1.19. The van der Waals surface area contributed by atoms with Gasteiger partial charge in [0.1, 0.15) is 25.5 Å². The Morgan fingerprint density at radius 1 is 0.981 bits per heavy atom. The van der Waals surface area contributed by atoms with Gasteiger partial charge in [-0.1, -0.05) is 45.9 Å². The topological polar surface area (TPSA) is 218 Å². The first-order chi connectivity index (χ1) is 25.4. The number of hydrogen-bond donors (Lipinski definition) is 3. The van der Waals surface area contributed by atoms with Crippen molar-refractivity contribution in [1.29, 1.82) is 0 Å². The van der Waals surface area contributed by atoms with E-state index in [-0.39, 0.29) is 27.9 Å². The number of carbonyl (C=O) groups is 9. The highest BCUT2D eigenvalue weighted by atomic mass is 79.9. The molecule has 19 heteroatoms. The normalized spacial score (nSPS) is 14.5. The van der Waals surface area contributed by atoms with Crippen molar-refractivity contribution >= 4 is 91.8 Å². The number of benzene rings is 1. The smallest absolute Gasteiger partial charge is 0.410 e. The average Bonchev–Trinajstić information content (AvgIpc) is 3.37. The molecule has 1 aliphatic rings.